The highest BCUT2D eigenvalue weighted by molar-refractivity contribution is 5.88. The lowest BCUT2D eigenvalue weighted by Gasteiger charge is -2.07. The van der Waals surface area contributed by atoms with Crippen LogP contribution in [0.4, 0.5) is 5.82 Å². The molecule has 6 heteroatoms. The van der Waals surface area contributed by atoms with Gasteiger partial charge in [-0.15, -0.1) is 0 Å². The summed E-state index contributed by atoms with van der Waals surface area (Å²) in [4.78, 5) is 8.65. The average molecular weight is 394 g/mol. The van der Waals surface area contributed by atoms with Crippen LogP contribution in [0.1, 0.15) is 0 Å². The van der Waals surface area contributed by atoms with Gasteiger partial charge in [0.1, 0.15) is 23.4 Å². The van der Waals surface area contributed by atoms with Crippen LogP contribution in [-0.2, 0) is 0 Å². The lowest BCUT2D eigenvalue weighted by molar-refractivity contribution is 0.415. The van der Waals surface area contributed by atoms with Crippen molar-refractivity contribution < 1.29 is 9.15 Å². The van der Waals surface area contributed by atoms with E-state index in [-0.39, 0.29) is 0 Å². The van der Waals surface area contributed by atoms with E-state index >= 15 is 0 Å². The van der Waals surface area contributed by atoms with Crippen LogP contribution in [0.15, 0.2) is 94.7 Å². The van der Waals surface area contributed by atoms with Crippen LogP contribution in [0.5, 0.6) is 5.75 Å². The van der Waals surface area contributed by atoms with E-state index in [1.54, 1.807) is 7.11 Å². The molecule has 0 spiro atoms. The summed E-state index contributed by atoms with van der Waals surface area (Å²) in [5.41, 5.74) is 5.65. The molecular weight excluding hydrogens is 376 g/mol. The molecule has 3 aromatic carbocycles. The van der Waals surface area contributed by atoms with Crippen LogP contribution in [0.3, 0.4) is 0 Å². The third-order valence-corrected chi connectivity index (χ3v) is 4.85. The maximum absolute atomic E-state index is 6.13. The number of nitrogens with zero attached hydrogens (tertiary/aromatic N) is 3. The van der Waals surface area contributed by atoms with E-state index in [9.17, 15) is 0 Å². The molecule has 0 radical (unpaired) electrons. The Balaban J connectivity index is 1.63. The number of fused-ring (bicyclic) bond motifs is 2. The zero-order chi connectivity index (χ0) is 20.3. The van der Waals surface area contributed by atoms with Crippen molar-refractivity contribution in [1.82, 2.24) is 9.97 Å². The Kier molecular flexibility index (Phi) is 4.57. The van der Waals surface area contributed by atoms with E-state index in [4.69, 9.17) is 9.15 Å². The van der Waals surface area contributed by atoms with Crippen LogP contribution in [-0.4, -0.2) is 17.1 Å². The summed E-state index contributed by atoms with van der Waals surface area (Å²) in [6.07, 6.45) is 1.53. The van der Waals surface area contributed by atoms with Crippen molar-refractivity contribution >= 4 is 27.7 Å². The van der Waals surface area contributed by atoms with Gasteiger partial charge in [-0.25, -0.2) is 9.97 Å². The fraction of sp³-hybridized carbons (Fsp3) is 0.0417. The molecule has 0 aliphatic rings. The summed E-state index contributed by atoms with van der Waals surface area (Å²) in [5.74, 6) is 2.16. The number of aromatic nitrogens is 2. The minimum atomic E-state index is 0.650. The van der Waals surface area contributed by atoms with Gasteiger partial charge in [0.2, 0.25) is 0 Å². The maximum Gasteiger partial charge on any atom is 0.157 e. The highest BCUT2D eigenvalue weighted by Crippen LogP contribution is 2.24. The normalized spacial score (nSPS) is 11.7. The molecule has 2 heterocycles. The van der Waals surface area contributed by atoms with Crippen LogP contribution in [0, 0.1) is 0 Å². The van der Waals surface area contributed by atoms with Gasteiger partial charge >= 0.3 is 0 Å². The first-order chi connectivity index (χ1) is 14.8. The van der Waals surface area contributed by atoms with Crippen molar-refractivity contribution in [3.05, 3.63) is 90.5 Å². The first-order valence-corrected chi connectivity index (χ1v) is 9.48. The second-order valence-electron chi connectivity index (χ2n) is 6.68. The smallest absolute Gasteiger partial charge is 0.157 e. The fourth-order valence-corrected chi connectivity index (χ4v) is 3.31. The van der Waals surface area contributed by atoms with Gasteiger partial charge in [-0.2, -0.15) is 5.10 Å². The molecule has 0 amide bonds. The van der Waals surface area contributed by atoms with Gasteiger partial charge in [-0.05, 0) is 48.5 Å². The molecule has 5 aromatic rings. The summed E-state index contributed by atoms with van der Waals surface area (Å²) >= 11 is 0. The number of hydrogen-bond donors (Lipinski definition) is 1. The second-order valence-corrected chi connectivity index (χ2v) is 6.68. The molecule has 0 fully saturated rings. The van der Waals surface area contributed by atoms with Gasteiger partial charge < -0.3 is 9.15 Å². The van der Waals surface area contributed by atoms with Gasteiger partial charge in [0.25, 0.3) is 0 Å². The van der Waals surface area contributed by atoms with Gasteiger partial charge in [0.05, 0.1) is 18.0 Å². The minimum Gasteiger partial charge on any atom is -0.497 e. The van der Waals surface area contributed by atoms with E-state index in [1.807, 2.05) is 78.9 Å². The number of rotatable bonds is 4. The molecule has 30 heavy (non-hydrogen) atoms. The van der Waals surface area contributed by atoms with Crippen molar-refractivity contribution in [3.63, 3.8) is 0 Å². The topological polar surface area (TPSA) is 72.5 Å². The zero-order valence-electron chi connectivity index (χ0n) is 16.2. The highest BCUT2D eigenvalue weighted by Gasteiger charge is 2.07. The summed E-state index contributed by atoms with van der Waals surface area (Å²) < 4.78 is 11.4. The lowest BCUT2D eigenvalue weighted by atomic mass is 10.1. The predicted octanol–water partition coefficient (Wildman–Crippen LogP) is 4.98. The number of para-hydroxylation sites is 2. The SMILES string of the molecule is COc1ccc(-c2c/c(=N/Nc3ncnc4ccccc34)c3ccccc3o2)cc1. The first kappa shape index (κ1) is 17.9. The van der Waals surface area contributed by atoms with Gasteiger partial charge in [-0.3, -0.25) is 5.43 Å². The largest absolute Gasteiger partial charge is 0.497 e. The Bertz CT molecular complexity index is 1400. The summed E-state index contributed by atoms with van der Waals surface area (Å²) in [5, 5.41) is 7.21. The van der Waals surface area contributed by atoms with Crippen LogP contribution in [0.25, 0.3) is 33.2 Å². The maximum atomic E-state index is 6.13. The third-order valence-electron chi connectivity index (χ3n) is 4.85. The Morgan fingerprint density at radius 2 is 1.63 bits per heavy atom. The van der Waals surface area contributed by atoms with Crippen molar-refractivity contribution in [2.45, 2.75) is 0 Å². The van der Waals surface area contributed by atoms with Crippen molar-refractivity contribution in [2.75, 3.05) is 12.5 Å². The van der Waals surface area contributed by atoms with Crippen molar-refractivity contribution in [1.29, 1.82) is 0 Å². The number of ether oxygens (including phenoxy) is 1. The third kappa shape index (κ3) is 3.35. The van der Waals surface area contributed by atoms with E-state index in [0.717, 1.165) is 38.5 Å². The molecule has 1 N–H and O–H groups in total. The molecule has 0 bridgehead atoms. The van der Waals surface area contributed by atoms with Crippen molar-refractivity contribution in [2.24, 2.45) is 5.10 Å². The highest BCUT2D eigenvalue weighted by atomic mass is 16.5. The van der Waals surface area contributed by atoms with Gasteiger partial charge in [0, 0.05) is 22.4 Å². The lowest BCUT2D eigenvalue weighted by Crippen LogP contribution is -2.08. The number of nitrogens with one attached hydrogen (secondary N) is 1. The number of anilines is 1. The number of benzene rings is 3. The molecule has 5 rings (SSSR count). The Morgan fingerprint density at radius 3 is 2.47 bits per heavy atom. The summed E-state index contributed by atoms with van der Waals surface area (Å²) in [6.45, 7) is 0. The molecular formula is C24H18N4O2. The summed E-state index contributed by atoms with van der Waals surface area (Å²) in [7, 11) is 1.65. The van der Waals surface area contributed by atoms with Gasteiger partial charge in [-0.1, -0.05) is 24.3 Å². The monoisotopic (exact) mass is 394 g/mol. The molecule has 146 valence electrons. The standard InChI is InChI=1S/C24H18N4O2/c1-29-17-12-10-16(11-13-17)23-14-21(18-6-3-5-9-22(18)30-23)27-28-24-19-7-2-4-8-20(19)25-15-26-24/h2-15H,1H3,(H,25,26,28)/b27-21-. The summed E-state index contributed by atoms with van der Waals surface area (Å²) in [6, 6.07) is 25.3. The molecule has 0 unspecified atom stereocenters. The Hall–Kier alpha value is -4.19. The van der Waals surface area contributed by atoms with Crippen LogP contribution in [0.2, 0.25) is 0 Å². The Morgan fingerprint density at radius 1 is 0.867 bits per heavy atom. The number of hydrogen-bond acceptors (Lipinski definition) is 6. The first-order valence-electron chi connectivity index (χ1n) is 9.48. The molecule has 0 saturated heterocycles. The van der Waals surface area contributed by atoms with Crippen LogP contribution < -0.4 is 15.5 Å². The fourth-order valence-electron chi connectivity index (χ4n) is 3.31. The van der Waals surface area contributed by atoms with E-state index in [1.165, 1.54) is 6.33 Å². The Labute approximate surface area is 172 Å². The molecule has 0 aliphatic carbocycles. The zero-order valence-corrected chi connectivity index (χ0v) is 16.2. The van der Waals surface area contributed by atoms with E-state index < -0.39 is 0 Å². The molecule has 0 saturated carbocycles. The van der Waals surface area contributed by atoms with Crippen LogP contribution >= 0.6 is 0 Å². The van der Waals surface area contributed by atoms with E-state index in [0.29, 0.717) is 11.6 Å². The van der Waals surface area contributed by atoms with E-state index in [2.05, 4.69) is 20.5 Å². The number of methoxy groups -OCH3 is 1. The predicted molar refractivity (Wildman–Crippen MR) is 117 cm³/mol. The van der Waals surface area contributed by atoms with Crippen molar-refractivity contribution in [3.8, 4) is 17.1 Å². The molecule has 0 atom stereocenters. The quantitative estimate of drug-likeness (QED) is 0.435. The molecule has 6 nitrogen and oxygen atoms in total. The average Bonchev–Trinajstić information content (AvgIpc) is 2.82. The second kappa shape index (κ2) is 7.67. The molecule has 2 aromatic heterocycles. The minimum absolute atomic E-state index is 0.650. The molecule has 0 aliphatic heterocycles. The van der Waals surface area contributed by atoms with Gasteiger partial charge in [0.15, 0.2) is 5.82 Å².